The Bertz CT molecular complexity index is 3010. The van der Waals surface area contributed by atoms with E-state index in [1.807, 2.05) is 152 Å². The minimum absolute atomic E-state index is 0.00399. The number of carbonyl (C=O) groups is 8. The van der Waals surface area contributed by atoms with Crippen molar-refractivity contribution in [1.82, 2.24) is 20.4 Å². The zero-order valence-electron chi connectivity index (χ0n) is 65.8. The van der Waals surface area contributed by atoms with Gasteiger partial charge in [0.15, 0.2) is 0 Å². The molecule has 0 radical (unpaired) electrons. The molecule has 100 heavy (non-hydrogen) atoms. The standard InChI is InChI=1S/C12H18BNO3.C12H17NO2.C11H16BNO3.C11H15NO2.C9H19NO.C8H17NO.C7H15NO.C6H13NO/c1-4-12(2,3)11(15)14-10-7-5-6-9(8-10)13(16)17;1-4-12(2,3)11(15)13-9-5-7-10(14)8-6-9;1-3-8(2)11(14)13-10-6-4-5-9(7-10)12(15)16;1-3-8(2)11(14)12-9-4-6-10(13)7-5-9;1-6-9(4,5)8(11)10-7(2)3;1-6-8(2,3)7(10)9(4)5;1-5-6(2)7(9)8(3)4;1-4-5(2)6(8)7-3/h5-8,16-17H,4H2,1-3H3,(H,14,15);5-8,14H,4H2,1-3H3,(H,13,15);4-8,15-16H,3H2,1-2H3,(H,13,14);4-8,13H,3H2,1-2H3,(H,12,14);7H,6H2,1-5H3,(H,10,11);6H2,1-5H3;6H,5H2,1-4H3;5H,4H2,1-3H3,(H,7,8). The summed E-state index contributed by atoms with van der Waals surface area (Å²) in [4.78, 5) is 94.4. The molecule has 4 atom stereocenters. The van der Waals surface area contributed by atoms with E-state index in [0.717, 1.165) is 51.4 Å². The number of rotatable bonds is 23. The van der Waals surface area contributed by atoms with Crippen LogP contribution in [0.15, 0.2) is 97.1 Å². The Morgan fingerprint density at radius 1 is 0.400 bits per heavy atom. The number of hydrogen-bond donors (Lipinski definition) is 12. The van der Waals surface area contributed by atoms with Gasteiger partial charge in [-0.2, -0.15) is 0 Å². The number of phenolic OH excluding ortho intramolecular Hbond substituents is 2. The maximum absolute atomic E-state index is 11.9. The highest BCUT2D eigenvalue weighted by molar-refractivity contribution is 6.59. The lowest BCUT2D eigenvalue weighted by Crippen LogP contribution is -2.40. The normalized spacial score (nSPS) is 11.8. The van der Waals surface area contributed by atoms with Crippen LogP contribution >= 0.6 is 0 Å². The molecule has 0 spiro atoms. The van der Waals surface area contributed by atoms with E-state index in [9.17, 15) is 38.4 Å². The van der Waals surface area contributed by atoms with Crippen LogP contribution in [0.25, 0.3) is 0 Å². The van der Waals surface area contributed by atoms with Gasteiger partial charge in [0.05, 0.1) is 0 Å². The Balaban J connectivity index is -0.000000533. The van der Waals surface area contributed by atoms with Crippen LogP contribution in [0.3, 0.4) is 0 Å². The molecular weight excluding hydrogens is 1270 g/mol. The van der Waals surface area contributed by atoms with Gasteiger partial charge in [0.25, 0.3) is 0 Å². The molecule has 24 heteroatoms. The molecule has 0 aromatic heterocycles. The average Bonchev–Trinajstić information content (AvgIpc) is 0.905. The highest BCUT2D eigenvalue weighted by atomic mass is 16.4. The second-order valence-corrected chi connectivity index (χ2v) is 27.8. The van der Waals surface area contributed by atoms with E-state index in [-0.39, 0.29) is 105 Å². The number of carbonyl (C=O) groups excluding carboxylic acids is 8. The minimum Gasteiger partial charge on any atom is -0.508 e. The number of hydrogen-bond acceptors (Lipinski definition) is 14. The van der Waals surface area contributed by atoms with Gasteiger partial charge in [0.2, 0.25) is 47.3 Å². The van der Waals surface area contributed by atoms with Crippen molar-refractivity contribution in [3.05, 3.63) is 97.1 Å². The van der Waals surface area contributed by atoms with E-state index in [4.69, 9.17) is 30.3 Å². The molecule has 0 aliphatic heterocycles. The quantitative estimate of drug-likeness (QED) is 0.0243. The smallest absolute Gasteiger partial charge is 0.488 e. The Hall–Kier alpha value is -7.79. The first-order valence-electron chi connectivity index (χ1n) is 34.8. The molecule has 0 heterocycles. The first-order chi connectivity index (χ1) is 46.1. The van der Waals surface area contributed by atoms with Crippen LogP contribution in [-0.2, 0) is 38.4 Å². The second kappa shape index (κ2) is 50.5. The number of nitrogens with zero attached hydrogens (tertiary/aromatic N) is 2. The summed E-state index contributed by atoms with van der Waals surface area (Å²) < 4.78 is 0. The number of benzene rings is 4. The zero-order valence-corrected chi connectivity index (χ0v) is 65.8. The van der Waals surface area contributed by atoms with Crippen molar-refractivity contribution in [2.75, 3.05) is 56.5 Å². The second-order valence-electron chi connectivity index (χ2n) is 27.8. The van der Waals surface area contributed by atoms with Gasteiger partial charge in [-0.3, -0.25) is 38.4 Å². The lowest BCUT2D eigenvalue weighted by atomic mass is 9.80. The highest BCUT2D eigenvalue weighted by Crippen LogP contribution is 2.25. The van der Waals surface area contributed by atoms with Crippen molar-refractivity contribution in [2.24, 2.45) is 45.3 Å². The van der Waals surface area contributed by atoms with Gasteiger partial charge in [-0.25, -0.2) is 0 Å². The minimum atomic E-state index is -1.52. The molecule has 0 saturated carbocycles. The van der Waals surface area contributed by atoms with Gasteiger partial charge in [0.1, 0.15) is 11.5 Å². The van der Waals surface area contributed by atoms with Gasteiger partial charge in [-0.05, 0) is 149 Å². The van der Waals surface area contributed by atoms with Crippen LogP contribution in [0.2, 0.25) is 0 Å². The van der Waals surface area contributed by atoms with Crippen molar-refractivity contribution in [2.45, 2.75) is 210 Å². The van der Waals surface area contributed by atoms with E-state index >= 15 is 0 Å². The van der Waals surface area contributed by atoms with Crippen molar-refractivity contribution in [3.63, 3.8) is 0 Å². The SMILES string of the molecule is CCC(C)(C)C(=O)N(C)C.CCC(C)(C)C(=O)NC(C)C.CCC(C)(C)C(=O)Nc1ccc(O)cc1.CCC(C)(C)C(=O)Nc1cccc(B(O)O)c1.CCC(C)C(=O)N(C)C.CCC(C)C(=O)NC.CCC(C)C(=O)Nc1ccc(O)cc1.CCC(C)C(=O)Nc1cccc(B(O)O)c1. The molecule has 0 bridgehead atoms. The molecule has 0 fully saturated rings. The van der Waals surface area contributed by atoms with Crippen LogP contribution < -0.4 is 42.8 Å². The molecule has 0 saturated heterocycles. The van der Waals surface area contributed by atoms with Crippen LogP contribution in [0.4, 0.5) is 22.7 Å². The van der Waals surface area contributed by atoms with E-state index in [1.165, 1.54) is 0 Å². The van der Waals surface area contributed by atoms with Crippen molar-refractivity contribution < 1.29 is 68.7 Å². The molecular formula is C76H130B2N8O14. The van der Waals surface area contributed by atoms with Gasteiger partial charge >= 0.3 is 14.2 Å². The van der Waals surface area contributed by atoms with Crippen LogP contribution in [0.5, 0.6) is 11.5 Å². The topological polar surface area (TPSA) is 337 Å². The van der Waals surface area contributed by atoms with Crippen LogP contribution in [0.1, 0.15) is 204 Å². The lowest BCUT2D eigenvalue weighted by molar-refractivity contribution is -0.138. The van der Waals surface area contributed by atoms with Gasteiger partial charge in [0, 0.05) is 109 Å². The molecule has 4 aromatic carbocycles. The fraction of sp³-hybridized carbons (Fsp3) is 0.579. The molecule has 4 unspecified atom stereocenters. The lowest BCUT2D eigenvalue weighted by Gasteiger charge is -2.25. The summed E-state index contributed by atoms with van der Waals surface area (Å²) in [7, 11) is 5.78. The molecule has 4 aromatic rings. The summed E-state index contributed by atoms with van der Waals surface area (Å²) in [5.41, 5.74) is 2.09. The third-order valence-electron chi connectivity index (χ3n) is 16.8. The van der Waals surface area contributed by atoms with E-state index in [0.29, 0.717) is 33.7 Å². The number of aromatic hydroxyl groups is 2. The first kappa shape index (κ1) is 98.6. The number of amides is 8. The van der Waals surface area contributed by atoms with Gasteiger partial charge in [-0.15, -0.1) is 0 Å². The maximum Gasteiger partial charge on any atom is 0.488 e. The molecule has 0 aliphatic rings. The molecule has 22 nitrogen and oxygen atoms in total. The van der Waals surface area contributed by atoms with Crippen molar-refractivity contribution >= 4 is 95.2 Å². The summed E-state index contributed by atoms with van der Waals surface area (Å²) in [6.07, 6.45) is 6.74. The monoisotopic (exact) mass is 1400 g/mol. The fourth-order valence-corrected chi connectivity index (χ4v) is 6.89. The maximum atomic E-state index is 11.9. The number of nitrogens with one attached hydrogen (secondary N) is 6. The molecule has 12 N–H and O–H groups in total. The van der Waals surface area contributed by atoms with E-state index in [2.05, 4.69) is 31.9 Å². The van der Waals surface area contributed by atoms with Gasteiger partial charge in [-0.1, -0.05) is 163 Å². The molecule has 8 amide bonds. The Kier molecular flexibility index (Phi) is 49.8. The average molecular weight is 1400 g/mol. The molecule has 4 rings (SSSR count). The summed E-state index contributed by atoms with van der Waals surface area (Å²) in [5.74, 6) is 1.28. The van der Waals surface area contributed by atoms with E-state index < -0.39 is 19.7 Å². The predicted molar refractivity (Wildman–Crippen MR) is 412 cm³/mol. The number of phenols is 2. The Morgan fingerprint density at radius 3 is 0.960 bits per heavy atom. The third kappa shape index (κ3) is 42.3. The van der Waals surface area contributed by atoms with Crippen LogP contribution in [-0.4, -0.2) is 143 Å². The Labute approximate surface area is 601 Å². The summed E-state index contributed by atoms with van der Waals surface area (Å²) in [5, 5.41) is 70.7. The third-order valence-corrected chi connectivity index (χ3v) is 16.8. The molecule has 0 aliphatic carbocycles. The first-order valence-corrected chi connectivity index (χ1v) is 34.8. The highest BCUT2D eigenvalue weighted by Gasteiger charge is 2.29. The summed E-state index contributed by atoms with van der Waals surface area (Å²) in [6, 6.07) is 26.2. The van der Waals surface area contributed by atoms with Crippen LogP contribution in [0, 0.1) is 45.3 Å². The fourth-order valence-electron chi connectivity index (χ4n) is 6.89. The Morgan fingerprint density at radius 2 is 0.700 bits per heavy atom. The summed E-state index contributed by atoms with van der Waals surface area (Å²) >= 11 is 0. The van der Waals surface area contributed by atoms with Crippen molar-refractivity contribution in [3.8, 4) is 11.5 Å². The summed E-state index contributed by atoms with van der Waals surface area (Å²) in [6.45, 7) is 42.9. The molecule has 564 valence electrons. The predicted octanol–water partition coefficient (Wildman–Crippen LogP) is 11.6. The van der Waals surface area contributed by atoms with Crippen molar-refractivity contribution in [1.29, 1.82) is 0 Å². The van der Waals surface area contributed by atoms with Gasteiger partial charge < -0.3 is 72.0 Å². The zero-order chi connectivity index (χ0) is 78.6. The number of anilines is 4. The van der Waals surface area contributed by atoms with E-state index in [1.54, 1.807) is 142 Å². The largest absolute Gasteiger partial charge is 0.508 e.